The summed E-state index contributed by atoms with van der Waals surface area (Å²) in [5.74, 6) is 1.09. The van der Waals surface area contributed by atoms with Crippen LogP contribution in [0.2, 0.25) is 0 Å². The average Bonchev–Trinajstić information content (AvgIpc) is 2.64. The molecule has 144 valence electrons. The molecule has 3 aliphatic rings. The number of nitrogens with zero attached hydrogens (tertiary/aromatic N) is 3. The molecular weight excluding hydrogens is 346 g/mol. The van der Waals surface area contributed by atoms with Crippen LogP contribution in [-0.2, 0) is 20.8 Å². The Kier molecular flexibility index (Phi) is 4.76. The highest BCUT2D eigenvalue weighted by Gasteiger charge is 2.32. The topological polar surface area (TPSA) is 70.2 Å². The number of likely N-dealkylation sites (N-methyl/N-ethyl adjacent to an activating group) is 1. The molecule has 0 spiro atoms. The van der Waals surface area contributed by atoms with Gasteiger partial charge >= 0.3 is 0 Å². The minimum atomic E-state index is -0.0989. The van der Waals surface area contributed by atoms with Gasteiger partial charge in [-0.05, 0) is 30.5 Å². The van der Waals surface area contributed by atoms with Crippen LogP contribution in [-0.4, -0.2) is 67.4 Å². The first-order valence-corrected chi connectivity index (χ1v) is 9.62. The van der Waals surface area contributed by atoms with Gasteiger partial charge in [0.2, 0.25) is 11.8 Å². The van der Waals surface area contributed by atoms with E-state index in [2.05, 4.69) is 0 Å². The lowest BCUT2D eigenvalue weighted by Gasteiger charge is -2.38. The van der Waals surface area contributed by atoms with Crippen LogP contribution in [0, 0.1) is 5.92 Å². The molecule has 1 saturated heterocycles. The second-order valence-corrected chi connectivity index (χ2v) is 7.55. The summed E-state index contributed by atoms with van der Waals surface area (Å²) in [5, 5.41) is 0. The molecule has 2 fully saturated rings. The van der Waals surface area contributed by atoms with E-state index in [0.717, 1.165) is 24.8 Å². The molecule has 0 atom stereocenters. The molecule has 27 heavy (non-hydrogen) atoms. The number of ether oxygens (including phenoxy) is 1. The Labute approximate surface area is 158 Å². The zero-order chi connectivity index (χ0) is 19.0. The summed E-state index contributed by atoms with van der Waals surface area (Å²) < 4.78 is 5.43. The predicted octanol–water partition coefficient (Wildman–Crippen LogP) is 1.06. The molecule has 0 radical (unpaired) electrons. The van der Waals surface area contributed by atoms with Crippen LogP contribution >= 0.6 is 0 Å². The van der Waals surface area contributed by atoms with Gasteiger partial charge in [0.25, 0.3) is 5.91 Å². The van der Waals surface area contributed by atoms with Gasteiger partial charge < -0.3 is 19.4 Å². The Morgan fingerprint density at radius 1 is 1.11 bits per heavy atom. The minimum Gasteiger partial charge on any atom is -0.482 e. The van der Waals surface area contributed by atoms with E-state index in [1.807, 2.05) is 28.0 Å². The molecule has 3 amide bonds. The lowest BCUT2D eigenvalue weighted by molar-refractivity contribution is -0.143. The third-order valence-electron chi connectivity index (χ3n) is 5.86. The van der Waals surface area contributed by atoms with Crippen LogP contribution in [0.15, 0.2) is 18.2 Å². The molecule has 1 aromatic rings. The van der Waals surface area contributed by atoms with Gasteiger partial charge in [-0.2, -0.15) is 0 Å². The predicted molar refractivity (Wildman–Crippen MR) is 99.6 cm³/mol. The van der Waals surface area contributed by atoms with Gasteiger partial charge in [0.1, 0.15) is 5.75 Å². The fourth-order valence-corrected chi connectivity index (χ4v) is 3.80. The van der Waals surface area contributed by atoms with Crippen molar-refractivity contribution in [2.75, 3.05) is 44.7 Å². The molecule has 2 aliphatic heterocycles. The molecule has 1 aromatic carbocycles. The Morgan fingerprint density at radius 3 is 2.48 bits per heavy atom. The van der Waals surface area contributed by atoms with Crippen molar-refractivity contribution in [3.05, 3.63) is 23.8 Å². The number of benzene rings is 1. The maximum atomic E-state index is 12.7. The minimum absolute atomic E-state index is 0.0473. The number of fused-ring (bicyclic) bond motifs is 1. The first-order chi connectivity index (χ1) is 13.0. The number of hydrogen-bond donors (Lipinski definition) is 0. The molecular formula is C20H25N3O4. The summed E-state index contributed by atoms with van der Waals surface area (Å²) in [6, 6.07) is 5.54. The zero-order valence-electron chi connectivity index (χ0n) is 15.6. The van der Waals surface area contributed by atoms with Crippen LogP contribution in [0.1, 0.15) is 24.8 Å². The van der Waals surface area contributed by atoms with E-state index < -0.39 is 0 Å². The van der Waals surface area contributed by atoms with Gasteiger partial charge in [-0.1, -0.05) is 12.5 Å². The number of anilines is 1. The van der Waals surface area contributed by atoms with Crippen molar-refractivity contribution >= 4 is 23.4 Å². The first kappa shape index (κ1) is 17.8. The van der Waals surface area contributed by atoms with Gasteiger partial charge in [0.15, 0.2) is 6.61 Å². The monoisotopic (exact) mass is 371 g/mol. The van der Waals surface area contributed by atoms with Crippen molar-refractivity contribution in [2.45, 2.75) is 25.7 Å². The normalized spacial score (nSPS) is 20.0. The second kappa shape index (κ2) is 7.21. The Hall–Kier alpha value is -2.57. The van der Waals surface area contributed by atoms with E-state index in [1.165, 1.54) is 0 Å². The van der Waals surface area contributed by atoms with Crippen molar-refractivity contribution in [3.63, 3.8) is 0 Å². The number of rotatable bonds is 3. The van der Waals surface area contributed by atoms with Crippen molar-refractivity contribution in [2.24, 2.45) is 5.92 Å². The summed E-state index contributed by atoms with van der Waals surface area (Å²) in [6.45, 7) is 2.46. The fraction of sp³-hybridized carbons (Fsp3) is 0.550. The van der Waals surface area contributed by atoms with Crippen LogP contribution in [0.4, 0.5) is 5.69 Å². The molecule has 0 aromatic heterocycles. The highest BCUT2D eigenvalue weighted by Crippen LogP contribution is 2.32. The molecule has 1 saturated carbocycles. The van der Waals surface area contributed by atoms with Crippen molar-refractivity contribution in [3.8, 4) is 5.75 Å². The molecule has 7 heteroatoms. The molecule has 0 bridgehead atoms. The van der Waals surface area contributed by atoms with Crippen molar-refractivity contribution in [1.82, 2.24) is 9.80 Å². The van der Waals surface area contributed by atoms with E-state index >= 15 is 0 Å². The van der Waals surface area contributed by atoms with Gasteiger partial charge in [0, 0.05) is 39.1 Å². The third-order valence-corrected chi connectivity index (χ3v) is 5.86. The average molecular weight is 371 g/mol. The molecule has 0 unspecified atom stereocenters. The van der Waals surface area contributed by atoms with Crippen LogP contribution < -0.4 is 9.64 Å². The largest absolute Gasteiger partial charge is 0.482 e. The Balaban J connectivity index is 1.35. The van der Waals surface area contributed by atoms with E-state index in [4.69, 9.17) is 4.74 Å². The summed E-state index contributed by atoms with van der Waals surface area (Å²) in [4.78, 5) is 42.1. The SMILES string of the molecule is CN1C(=O)COc2ccc(CC(=O)N3CCN(C(=O)C4CCC4)CC3)cc21. The second-order valence-electron chi connectivity index (χ2n) is 7.55. The summed E-state index contributed by atoms with van der Waals surface area (Å²) in [7, 11) is 1.72. The van der Waals surface area contributed by atoms with E-state index in [9.17, 15) is 14.4 Å². The summed E-state index contributed by atoms with van der Waals surface area (Å²) in [6.07, 6.45) is 3.46. The number of amides is 3. The third kappa shape index (κ3) is 3.50. The summed E-state index contributed by atoms with van der Waals surface area (Å²) >= 11 is 0. The number of piperazine rings is 1. The highest BCUT2D eigenvalue weighted by molar-refractivity contribution is 5.97. The fourth-order valence-electron chi connectivity index (χ4n) is 3.80. The number of carbonyl (C=O) groups excluding carboxylic acids is 3. The van der Waals surface area contributed by atoms with Crippen LogP contribution in [0.5, 0.6) is 5.75 Å². The highest BCUT2D eigenvalue weighted by atomic mass is 16.5. The quantitative estimate of drug-likeness (QED) is 0.797. The van der Waals surface area contributed by atoms with Crippen molar-refractivity contribution < 1.29 is 19.1 Å². The van der Waals surface area contributed by atoms with Crippen molar-refractivity contribution in [1.29, 1.82) is 0 Å². The first-order valence-electron chi connectivity index (χ1n) is 9.62. The van der Waals surface area contributed by atoms with Gasteiger partial charge in [-0.3, -0.25) is 14.4 Å². The number of carbonyl (C=O) groups is 3. The van der Waals surface area contributed by atoms with E-state index in [0.29, 0.717) is 37.6 Å². The summed E-state index contributed by atoms with van der Waals surface area (Å²) in [5.41, 5.74) is 1.56. The lowest BCUT2D eigenvalue weighted by Crippen LogP contribution is -2.52. The van der Waals surface area contributed by atoms with E-state index in [1.54, 1.807) is 11.9 Å². The molecule has 1 aliphatic carbocycles. The van der Waals surface area contributed by atoms with Gasteiger partial charge in [-0.25, -0.2) is 0 Å². The lowest BCUT2D eigenvalue weighted by atomic mass is 9.84. The number of hydrogen-bond acceptors (Lipinski definition) is 4. The standard InChI is InChI=1S/C20H25N3O4/c1-21-16-11-14(5-6-17(16)27-13-19(21)25)12-18(24)22-7-9-23(10-8-22)20(26)15-3-2-4-15/h5-6,11,15H,2-4,7-10,12-13H2,1H3. The zero-order valence-corrected chi connectivity index (χ0v) is 15.6. The molecule has 7 nitrogen and oxygen atoms in total. The van der Waals surface area contributed by atoms with Crippen LogP contribution in [0.3, 0.4) is 0 Å². The molecule has 4 rings (SSSR count). The van der Waals surface area contributed by atoms with Gasteiger partial charge in [0.05, 0.1) is 12.1 Å². The van der Waals surface area contributed by atoms with Crippen LogP contribution in [0.25, 0.3) is 0 Å². The maximum Gasteiger partial charge on any atom is 0.264 e. The van der Waals surface area contributed by atoms with Gasteiger partial charge in [-0.15, -0.1) is 0 Å². The molecule has 0 N–H and O–H groups in total. The molecule has 2 heterocycles. The smallest absolute Gasteiger partial charge is 0.264 e. The van der Waals surface area contributed by atoms with E-state index in [-0.39, 0.29) is 36.7 Å². The Morgan fingerprint density at radius 2 is 1.81 bits per heavy atom. The Bertz CT molecular complexity index is 766. The maximum absolute atomic E-state index is 12.7.